The number of aromatic nitrogens is 1. The van der Waals surface area contributed by atoms with Crippen molar-refractivity contribution in [3.05, 3.63) is 53.3 Å². The summed E-state index contributed by atoms with van der Waals surface area (Å²) in [5.74, 6) is -2.97. The highest BCUT2D eigenvalue weighted by atomic mass is 19.4. The average molecular weight is 475 g/mol. The van der Waals surface area contributed by atoms with Crippen molar-refractivity contribution in [2.75, 3.05) is 22.9 Å². The average Bonchev–Trinajstić information content (AvgIpc) is 3.04. The molecule has 2 aromatic rings. The molecule has 3 heterocycles. The first kappa shape index (κ1) is 25.0. The molecular formula is C23H24F3N5O3. The lowest BCUT2D eigenvalue weighted by Crippen LogP contribution is -2.43. The normalized spacial score (nSPS) is 19.7. The van der Waals surface area contributed by atoms with Crippen molar-refractivity contribution in [3.63, 3.8) is 0 Å². The number of hydrogen-bond acceptors (Lipinski definition) is 6. The molecule has 1 amide bonds. The van der Waals surface area contributed by atoms with Crippen molar-refractivity contribution in [1.82, 2.24) is 4.98 Å². The van der Waals surface area contributed by atoms with Crippen LogP contribution in [0.5, 0.6) is 0 Å². The van der Waals surface area contributed by atoms with Gasteiger partial charge in [0.05, 0.1) is 41.2 Å². The molecule has 1 aromatic carbocycles. The number of carboxylic acids is 1. The molecule has 0 aliphatic carbocycles. The van der Waals surface area contributed by atoms with Gasteiger partial charge in [-0.1, -0.05) is 12.1 Å². The van der Waals surface area contributed by atoms with Gasteiger partial charge in [-0.15, -0.1) is 0 Å². The number of fused-ring (bicyclic) bond motifs is 1. The third kappa shape index (κ3) is 5.46. The van der Waals surface area contributed by atoms with Crippen molar-refractivity contribution in [1.29, 1.82) is 5.26 Å². The van der Waals surface area contributed by atoms with E-state index in [4.69, 9.17) is 20.9 Å². The van der Waals surface area contributed by atoms with Crippen LogP contribution in [-0.2, 0) is 16.1 Å². The Balaban J connectivity index is 0.000000406. The Morgan fingerprint density at radius 2 is 2.06 bits per heavy atom. The number of rotatable bonds is 3. The monoisotopic (exact) mass is 475 g/mol. The summed E-state index contributed by atoms with van der Waals surface area (Å²) in [7, 11) is 0. The molecule has 180 valence electrons. The van der Waals surface area contributed by atoms with Gasteiger partial charge in [-0.25, -0.2) is 4.79 Å². The van der Waals surface area contributed by atoms with E-state index in [2.05, 4.69) is 16.0 Å². The van der Waals surface area contributed by atoms with Gasteiger partial charge in [-0.3, -0.25) is 9.78 Å². The third-order valence-electron chi connectivity index (χ3n) is 5.69. The second kappa shape index (κ2) is 10.1. The van der Waals surface area contributed by atoms with E-state index in [-0.39, 0.29) is 17.9 Å². The summed E-state index contributed by atoms with van der Waals surface area (Å²) in [6.45, 7) is 4.07. The smallest absolute Gasteiger partial charge is 0.475 e. The molecule has 1 fully saturated rings. The summed E-state index contributed by atoms with van der Waals surface area (Å²) < 4.78 is 31.7. The summed E-state index contributed by atoms with van der Waals surface area (Å²) in [5.41, 5.74) is 10.5. The number of carbonyl (C=O) groups is 2. The highest BCUT2D eigenvalue weighted by Gasteiger charge is 2.39. The molecule has 11 heteroatoms. The fourth-order valence-corrected chi connectivity index (χ4v) is 4.08. The van der Waals surface area contributed by atoms with Crippen molar-refractivity contribution in [3.8, 4) is 6.07 Å². The summed E-state index contributed by atoms with van der Waals surface area (Å²) in [6, 6.07) is 11.7. The summed E-state index contributed by atoms with van der Waals surface area (Å²) >= 11 is 0. The van der Waals surface area contributed by atoms with E-state index < -0.39 is 12.1 Å². The SMILES string of the molecule is CC1C(=O)N(Cc2cccc(C#N)c2)c2c(N3CCCC(N)C3)ccnc21.O=C(O)C(F)(F)F. The molecule has 2 unspecified atom stereocenters. The molecule has 2 aliphatic rings. The van der Waals surface area contributed by atoms with E-state index >= 15 is 0 Å². The number of hydrogen-bond donors (Lipinski definition) is 2. The van der Waals surface area contributed by atoms with Crippen LogP contribution in [-0.4, -0.2) is 47.3 Å². The second-order valence-corrected chi connectivity index (χ2v) is 8.17. The van der Waals surface area contributed by atoms with Crippen LogP contribution in [0.3, 0.4) is 0 Å². The number of nitrogens with zero attached hydrogens (tertiary/aromatic N) is 4. The van der Waals surface area contributed by atoms with Crippen LogP contribution in [0.4, 0.5) is 24.5 Å². The largest absolute Gasteiger partial charge is 0.490 e. The van der Waals surface area contributed by atoms with Gasteiger partial charge in [0.15, 0.2) is 0 Å². The Kier molecular flexibility index (Phi) is 7.41. The minimum Gasteiger partial charge on any atom is -0.475 e. The van der Waals surface area contributed by atoms with E-state index in [0.29, 0.717) is 12.1 Å². The molecule has 0 radical (unpaired) electrons. The standard InChI is InChI=1S/C21H23N5O.C2HF3O2/c1-14-19-20(18(7-8-24-19)25-9-3-6-17(23)13-25)26(21(14)27)12-16-5-2-4-15(10-16)11-22;3-2(4,5)1(6)7/h2,4-5,7-8,10,14,17H,3,6,9,12-13,23H2,1H3;(H,6,7). The topological polar surface area (TPSA) is 124 Å². The lowest BCUT2D eigenvalue weighted by Gasteiger charge is -2.35. The van der Waals surface area contributed by atoms with E-state index in [0.717, 1.165) is 48.6 Å². The van der Waals surface area contributed by atoms with Gasteiger partial charge in [0, 0.05) is 25.3 Å². The summed E-state index contributed by atoms with van der Waals surface area (Å²) in [4.78, 5) is 30.5. The van der Waals surface area contributed by atoms with Crippen LogP contribution in [0.1, 0.15) is 42.5 Å². The highest BCUT2D eigenvalue weighted by molar-refractivity contribution is 6.07. The van der Waals surface area contributed by atoms with E-state index in [1.807, 2.05) is 36.1 Å². The highest BCUT2D eigenvalue weighted by Crippen LogP contribution is 2.43. The maximum absolute atomic E-state index is 13.0. The molecule has 34 heavy (non-hydrogen) atoms. The molecule has 1 saturated heterocycles. The quantitative estimate of drug-likeness (QED) is 0.699. The number of pyridine rings is 1. The fraction of sp³-hybridized carbons (Fsp3) is 0.391. The van der Waals surface area contributed by atoms with Crippen LogP contribution < -0.4 is 15.5 Å². The van der Waals surface area contributed by atoms with Crippen LogP contribution in [0.25, 0.3) is 0 Å². The first-order valence-corrected chi connectivity index (χ1v) is 10.6. The Hall–Kier alpha value is -3.65. The zero-order valence-electron chi connectivity index (χ0n) is 18.4. The Labute approximate surface area is 194 Å². The number of anilines is 2. The number of carboxylic acid groups (broad SMARTS) is 1. The molecule has 8 nitrogen and oxygen atoms in total. The van der Waals surface area contributed by atoms with Crippen LogP contribution in [0, 0.1) is 11.3 Å². The first-order chi connectivity index (χ1) is 16.0. The van der Waals surface area contributed by atoms with Crippen molar-refractivity contribution in [2.24, 2.45) is 5.73 Å². The van der Waals surface area contributed by atoms with Crippen LogP contribution in [0.15, 0.2) is 36.5 Å². The van der Waals surface area contributed by atoms with E-state index in [1.54, 1.807) is 12.3 Å². The van der Waals surface area contributed by atoms with Crippen molar-refractivity contribution < 1.29 is 27.9 Å². The Morgan fingerprint density at radius 3 is 2.68 bits per heavy atom. The van der Waals surface area contributed by atoms with Gasteiger partial charge in [0.2, 0.25) is 5.91 Å². The second-order valence-electron chi connectivity index (χ2n) is 8.17. The molecule has 3 N–H and O–H groups in total. The first-order valence-electron chi connectivity index (χ1n) is 10.6. The number of aliphatic carboxylic acids is 1. The summed E-state index contributed by atoms with van der Waals surface area (Å²) in [5, 5.41) is 16.3. The lowest BCUT2D eigenvalue weighted by atomic mass is 10.0. The number of halogens is 3. The van der Waals surface area contributed by atoms with Crippen LogP contribution >= 0.6 is 0 Å². The number of benzene rings is 1. The van der Waals surface area contributed by atoms with Gasteiger partial charge < -0.3 is 20.6 Å². The van der Waals surface area contributed by atoms with Gasteiger partial charge in [-0.05, 0) is 43.5 Å². The Bertz CT molecular complexity index is 1120. The molecule has 0 saturated carbocycles. The van der Waals surface area contributed by atoms with E-state index in [9.17, 15) is 18.0 Å². The summed E-state index contributed by atoms with van der Waals surface area (Å²) in [6.07, 6.45) is -1.21. The van der Waals surface area contributed by atoms with Gasteiger partial charge in [0.1, 0.15) is 0 Å². The minimum atomic E-state index is -5.08. The van der Waals surface area contributed by atoms with Gasteiger partial charge in [-0.2, -0.15) is 18.4 Å². The van der Waals surface area contributed by atoms with Gasteiger partial charge in [0.25, 0.3) is 0 Å². The van der Waals surface area contributed by atoms with Crippen molar-refractivity contribution >= 4 is 23.3 Å². The fourth-order valence-electron chi connectivity index (χ4n) is 4.08. The predicted octanol–water partition coefficient (Wildman–Crippen LogP) is 3.16. The number of amides is 1. The Morgan fingerprint density at radius 1 is 1.35 bits per heavy atom. The molecule has 0 bridgehead atoms. The zero-order chi connectivity index (χ0) is 25.0. The number of carbonyl (C=O) groups excluding carboxylic acids is 1. The number of nitriles is 1. The molecule has 1 aromatic heterocycles. The maximum Gasteiger partial charge on any atom is 0.490 e. The lowest BCUT2D eigenvalue weighted by molar-refractivity contribution is -0.192. The zero-order valence-corrected chi connectivity index (χ0v) is 18.4. The molecular weight excluding hydrogens is 451 g/mol. The maximum atomic E-state index is 13.0. The molecule has 2 aliphatic heterocycles. The molecule has 4 rings (SSSR count). The van der Waals surface area contributed by atoms with Crippen molar-refractivity contribution in [2.45, 2.75) is 44.4 Å². The minimum absolute atomic E-state index is 0.0496. The van der Waals surface area contributed by atoms with E-state index in [1.165, 1.54) is 0 Å². The number of nitrogens with two attached hydrogens (primary N) is 1. The predicted molar refractivity (Wildman–Crippen MR) is 118 cm³/mol. The third-order valence-corrected chi connectivity index (χ3v) is 5.69. The van der Waals surface area contributed by atoms with Crippen LogP contribution in [0.2, 0.25) is 0 Å². The number of alkyl halides is 3. The number of piperidine rings is 1. The molecule has 2 atom stereocenters. The van der Waals surface area contributed by atoms with Gasteiger partial charge >= 0.3 is 12.1 Å². The molecule has 0 spiro atoms.